The average molecular weight is 262 g/mol. The smallest absolute Gasteiger partial charge is 0.0988 e. The van der Waals surface area contributed by atoms with Crippen molar-refractivity contribution in [3.05, 3.63) is 40.1 Å². The number of aromatic nitrogens is 2. The Bertz CT molecular complexity index is 528. The van der Waals surface area contributed by atoms with Crippen LogP contribution in [0, 0.1) is 0 Å². The van der Waals surface area contributed by atoms with Crippen molar-refractivity contribution in [1.29, 1.82) is 0 Å². The Morgan fingerprint density at radius 3 is 2.78 bits per heavy atom. The molecule has 0 unspecified atom stereocenters. The van der Waals surface area contributed by atoms with Gasteiger partial charge in [0.2, 0.25) is 0 Å². The lowest BCUT2D eigenvalue weighted by Gasteiger charge is -2.14. The van der Waals surface area contributed by atoms with Gasteiger partial charge in [0.25, 0.3) is 0 Å². The zero-order valence-electron chi connectivity index (χ0n) is 10.9. The second-order valence-electron chi connectivity index (χ2n) is 5.23. The van der Waals surface area contributed by atoms with E-state index in [1.165, 1.54) is 0 Å². The number of nitrogen functional groups attached to an aromatic ring is 1. The van der Waals surface area contributed by atoms with E-state index in [9.17, 15) is 0 Å². The van der Waals surface area contributed by atoms with Crippen LogP contribution in [0.25, 0.3) is 0 Å². The first-order chi connectivity index (χ1) is 8.49. The summed E-state index contributed by atoms with van der Waals surface area (Å²) in [6.07, 6.45) is 2.50. The van der Waals surface area contributed by atoms with Crippen molar-refractivity contribution in [2.75, 3.05) is 5.43 Å². The number of anilines is 1. The molecule has 5 heteroatoms. The van der Waals surface area contributed by atoms with Crippen LogP contribution in [0.2, 0.25) is 0 Å². The lowest BCUT2D eigenvalue weighted by molar-refractivity contribution is 0.571. The summed E-state index contributed by atoms with van der Waals surface area (Å²) in [7, 11) is 0. The van der Waals surface area contributed by atoms with Gasteiger partial charge in [-0.05, 0) is 12.1 Å². The van der Waals surface area contributed by atoms with Crippen molar-refractivity contribution in [1.82, 2.24) is 9.97 Å². The van der Waals surface area contributed by atoms with Crippen LogP contribution in [0.1, 0.15) is 37.2 Å². The first-order valence-corrected chi connectivity index (χ1v) is 6.73. The van der Waals surface area contributed by atoms with Gasteiger partial charge < -0.3 is 5.43 Å². The largest absolute Gasteiger partial charge is 0.324 e. The fourth-order valence-corrected chi connectivity index (χ4v) is 2.59. The summed E-state index contributed by atoms with van der Waals surface area (Å²) >= 11 is 1.68. The van der Waals surface area contributed by atoms with Crippen LogP contribution in [-0.2, 0) is 11.8 Å². The van der Waals surface area contributed by atoms with Gasteiger partial charge in [-0.1, -0.05) is 20.8 Å². The average Bonchev–Trinajstić information content (AvgIpc) is 2.77. The molecular formula is C13H18N4S. The highest BCUT2D eigenvalue weighted by Crippen LogP contribution is 2.25. The monoisotopic (exact) mass is 262 g/mol. The maximum Gasteiger partial charge on any atom is 0.0988 e. The molecule has 0 aromatic carbocycles. The minimum absolute atomic E-state index is 0.100. The Morgan fingerprint density at radius 1 is 1.39 bits per heavy atom. The maximum absolute atomic E-state index is 5.38. The molecule has 0 aliphatic carbocycles. The number of pyridine rings is 1. The van der Waals surface area contributed by atoms with Crippen LogP contribution < -0.4 is 11.3 Å². The molecule has 96 valence electrons. The van der Waals surface area contributed by atoms with E-state index < -0.39 is 0 Å². The van der Waals surface area contributed by atoms with Crippen molar-refractivity contribution in [2.24, 2.45) is 5.84 Å². The van der Waals surface area contributed by atoms with E-state index in [0.717, 1.165) is 28.5 Å². The molecule has 0 aliphatic rings. The van der Waals surface area contributed by atoms with Gasteiger partial charge in [-0.3, -0.25) is 10.8 Å². The van der Waals surface area contributed by atoms with Gasteiger partial charge in [0.15, 0.2) is 0 Å². The fraction of sp³-hybridized carbons (Fsp3) is 0.385. The van der Waals surface area contributed by atoms with Gasteiger partial charge in [0.05, 0.1) is 16.4 Å². The molecule has 0 aliphatic heterocycles. The molecule has 2 rings (SSSR count). The second-order valence-corrected chi connectivity index (χ2v) is 6.18. The van der Waals surface area contributed by atoms with Crippen molar-refractivity contribution in [3.63, 3.8) is 0 Å². The highest BCUT2D eigenvalue weighted by Gasteiger charge is 2.17. The molecule has 0 radical (unpaired) electrons. The Hall–Kier alpha value is -1.46. The first-order valence-electron chi connectivity index (χ1n) is 5.85. The molecule has 3 N–H and O–H groups in total. The van der Waals surface area contributed by atoms with E-state index in [1.807, 2.05) is 12.1 Å². The lowest BCUT2D eigenvalue weighted by Crippen LogP contribution is -2.11. The number of thiazole rings is 1. The maximum atomic E-state index is 5.38. The van der Waals surface area contributed by atoms with Gasteiger partial charge >= 0.3 is 0 Å². The quantitative estimate of drug-likeness (QED) is 0.659. The third kappa shape index (κ3) is 3.05. The van der Waals surface area contributed by atoms with Crippen LogP contribution >= 0.6 is 11.3 Å². The Kier molecular flexibility index (Phi) is 3.63. The fourth-order valence-electron chi connectivity index (χ4n) is 1.56. The van der Waals surface area contributed by atoms with Gasteiger partial charge in [-0.15, -0.1) is 11.3 Å². The number of hydrogen-bond acceptors (Lipinski definition) is 5. The standard InChI is InChI=1S/C13H18N4S/c1-13(2,3)11-8-18-12(16-11)7-10-6-9(17-14)4-5-15-10/h4-6,8H,7,14H2,1-3H3,(H,15,17). The summed E-state index contributed by atoms with van der Waals surface area (Å²) < 4.78 is 0. The molecule has 4 nitrogen and oxygen atoms in total. The molecule has 18 heavy (non-hydrogen) atoms. The predicted molar refractivity (Wildman–Crippen MR) is 75.7 cm³/mol. The van der Waals surface area contributed by atoms with Crippen molar-refractivity contribution >= 4 is 17.0 Å². The minimum atomic E-state index is 0.100. The third-order valence-electron chi connectivity index (χ3n) is 2.64. The molecule has 2 heterocycles. The number of nitrogens with one attached hydrogen (secondary N) is 1. The molecule has 0 amide bonds. The predicted octanol–water partition coefficient (Wildman–Crippen LogP) is 2.71. The van der Waals surface area contributed by atoms with Gasteiger partial charge in [-0.2, -0.15) is 0 Å². The number of nitrogens with two attached hydrogens (primary N) is 1. The summed E-state index contributed by atoms with van der Waals surface area (Å²) in [6, 6.07) is 3.78. The molecule has 0 saturated heterocycles. The molecule has 0 atom stereocenters. The normalized spacial score (nSPS) is 11.6. The first kappa shape index (κ1) is 13.0. The molecule has 0 fully saturated rings. The summed E-state index contributed by atoms with van der Waals surface area (Å²) in [5.74, 6) is 5.38. The highest BCUT2D eigenvalue weighted by atomic mass is 32.1. The van der Waals surface area contributed by atoms with Crippen LogP contribution in [0.3, 0.4) is 0 Å². The van der Waals surface area contributed by atoms with Crippen LogP contribution in [0.15, 0.2) is 23.7 Å². The van der Waals surface area contributed by atoms with Gasteiger partial charge in [0, 0.05) is 29.1 Å². The Morgan fingerprint density at radius 2 is 2.17 bits per heavy atom. The van der Waals surface area contributed by atoms with Gasteiger partial charge in [-0.25, -0.2) is 4.98 Å². The summed E-state index contributed by atoms with van der Waals surface area (Å²) in [4.78, 5) is 8.98. The second kappa shape index (κ2) is 5.04. The lowest BCUT2D eigenvalue weighted by atomic mass is 9.93. The molecule has 0 bridgehead atoms. The van der Waals surface area contributed by atoms with E-state index in [2.05, 4.69) is 41.5 Å². The molecular weight excluding hydrogens is 244 g/mol. The zero-order valence-corrected chi connectivity index (χ0v) is 11.7. The topological polar surface area (TPSA) is 63.8 Å². The Balaban J connectivity index is 2.16. The van der Waals surface area contributed by atoms with E-state index in [1.54, 1.807) is 17.5 Å². The van der Waals surface area contributed by atoms with Crippen molar-refractivity contribution < 1.29 is 0 Å². The summed E-state index contributed by atoms with van der Waals surface area (Å²) in [6.45, 7) is 6.51. The minimum Gasteiger partial charge on any atom is -0.324 e. The van der Waals surface area contributed by atoms with Gasteiger partial charge in [0.1, 0.15) is 0 Å². The van der Waals surface area contributed by atoms with E-state index in [-0.39, 0.29) is 5.41 Å². The summed E-state index contributed by atoms with van der Waals surface area (Å²) in [5, 5.41) is 3.21. The van der Waals surface area contributed by atoms with Crippen LogP contribution in [-0.4, -0.2) is 9.97 Å². The zero-order chi connectivity index (χ0) is 13.2. The van der Waals surface area contributed by atoms with Crippen LogP contribution in [0.5, 0.6) is 0 Å². The van der Waals surface area contributed by atoms with E-state index in [4.69, 9.17) is 5.84 Å². The van der Waals surface area contributed by atoms with E-state index >= 15 is 0 Å². The number of rotatable bonds is 3. The molecule has 2 aromatic heterocycles. The SMILES string of the molecule is CC(C)(C)c1csc(Cc2cc(NN)ccn2)n1. The number of nitrogens with zero attached hydrogens (tertiary/aromatic N) is 2. The van der Waals surface area contributed by atoms with Crippen LogP contribution in [0.4, 0.5) is 5.69 Å². The number of hydrogen-bond donors (Lipinski definition) is 2. The van der Waals surface area contributed by atoms with E-state index in [0.29, 0.717) is 0 Å². The highest BCUT2D eigenvalue weighted by molar-refractivity contribution is 7.09. The third-order valence-corrected chi connectivity index (χ3v) is 3.48. The number of hydrazine groups is 1. The summed E-state index contributed by atoms with van der Waals surface area (Å²) in [5.41, 5.74) is 5.70. The van der Waals surface area contributed by atoms with Crippen molar-refractivity contribution in [3.8, 4) is 0 Å². The molecule has 0 saturated carbocycles. The molecule has 2 aromatic rings. The van der Waals surface area contributed by atoms with Crippen molar-refractivity contribution in [2.45, 2.75) is 32.6 Å². The Labute approximate surface area is 111 Å². The molecule has 0 spiro atoms.